The molecule has 0 atom stereocenters. The largest absolute Gasteiger partial charge is 0.457 e. The van der Waals surface area contributed by atoms with Gasteiger partial charge in [0.25, 0.3) is 0 Å². The predicted molar refractivity (Wildman–Crippen MR) is 274 cm³/mol. The molecule has 0 saturated carbocycles. The maximum atomic E-state index is 14.4. The third kappa shape index (κ3) is 7.89. The molecular formula is C60H57FN4O. The number of anilines is 4. The number of ether oxygens (including phenoxy) is 1. The zero-order valence-electron chi connectivity index (χ0n) is 43.1. The maximum Gasteiger partial charge on any atom is 0.137 e. The highest BCUT2D eigenvalue weighted by Crippen LogP contribution is 2.51. The molecule has 0 saturated heterocycles. The summed E-state index contributed by atoms with van der Waals surface area (Å²) in [6, 6.07) is 45.2. The summed E-state index contributed by atoms with van der Waals surface area (Å²) in [5.41, 5.74) is 9.80. The molecule has 3 heterocycles. The predicted octanol–water partition coefficient (Wildman–Crippen LogP) is 16.6. The normalized spacial score (nSPS) is 14.0. The second-order valence-corrected chi connectivity index (χ2v) is 20.4. The molecule has 0 bridgehead atoms. The van der Waals surface area contributed by atoms with Crippen molar-refractivity contribution in [1.29, 1.82) is 0 Å². The van der Waals surface area contributed by atoms with Crippen LogP contribution in [0.15, 0.2) is 170 Å². The van der Waals surface area contributed by atoms with Crippen molar-refractivity contribution in [3.05, 3.63) is 192 Å². The molecule has 10 rings (SSSR count). The minimum absolute atomic E-state index is 0.0661. The van der Waals surface area contributed by atoms with Gasteiger partial charge in [-0.2, -0.15) is 0 Å². The van der Waals surface area contributed by atoms with Crippen LogP contribution in [0.4, 0.5) is 27.1 Å². The molecule has 2 aromatic heterocycles. The molecule has 0 spiro atoms. The monoisotopic (exact) mass is 872 g/mol. The Hall–Kier alpha value is -7.18. The quantitative estimate of drug-likeness (QED) is 0.160. The van der Waals surface area contributed by atoms with Crippen LogP contribution in [-0.4, -0.2) is 16.2 Å². The minimum atomic E-state index is -0.627. The first-order valence-electron chi connectivity index (χ1n) is 24.7. The number of aromatic nitrogens is 2. The molecule has 0 fully saturated rings. The number of fused-ring (bicyclic) bond motifs is 4. The molecule has 330 valence electrons. The van der Waals surface area contributed by atoms with Crippen LogP contribution < -0.4 is 14.5 Å². The van der Waals surface area contributed by atoms with Crippen LogP contribution in [0.1, 0.15) is 84.5 Å². The van der Waals surface area contributed by atoms with E-state index in [1.165, 1.54) is 17.7 Å². The first kappa shape index (κ1) is 38.1. The summed E-state index contributed by atoms with van der Waals surface area (Å²) < 4.78 is 60.8. The van der Waals surface area contributed by atoms with Crippen LogP contribution in [0.5, 0.6) is 11.5 Å². The van der Waals surface area contributed by atoms with Gasteiger partial charge in [-0.05, 0) is 116 Å². The summed E-state index contributed by atoms with van der Waals surface area (Å²) >= 11 is 0. The number of hydrogen-bond acceptors (Lipinski definition) is 4. The van der Waals surface area contributed by atoms with E-state index in [-0.39, 0.29) is 46.4 Å². The van der Waals surface area contributed by atoms with Crippen LogP contribution in [0.25, 0.3) is 49.9 Å². The van der Waals surface area contributed by atoms with Crippen molar-refractivity contribution in [3.8, 4) is 39.6 Å². The molecule has 0 unspecified atom stereocenters. The van der Waals surface area contributed by atoms with Crippen molar-refractivity contribution in [1.82, 2.24) is 9.55 Å². The lowest BCUT2D eigenvalue weighted by Crippen LogP contribution is -2.27. The van der Waals surface area contributed by atoms with Crippen LogP contribution in [0.3, 0.4) is 0 Å². The molecule has 5 nitrogen and oxygen atoms in total. The fourth-order valence-corrected chi connectivity index (χ4v) is 9.11. The van der Waals surface area contributed by atoms with E-state index in [9.17, 15) is 9.87 Å². The Morgan fingerprint density at radius 1 is 0.545 bits per heavy atom. The van der Waals surface area contributed by atoms with E-state index in [0.717, 1.165) is 67.1 Å². The highest BCUT2D eigenvalue weighted by atomic mass is 19.1. The molecule has 9 aromatic rings. The van der Waals surface area contributed by atoms with E-state index < -0.39 is 5.41 Å². The molecule has 1 aliphatic heterocycles. The van der Waals surface area contributed by atoms with Gasteiger partial charge in [0.1, 0.15) is 29.8 Å². The molecule has 1 aliphatic rings. The zero-order valence-corrected chi connectivity index (χ0v) is 39.1. The summed E-state index contributed by atoms with van der Waals surface area (Å²) in [6.07, 6.45) is 1.87. The third-order valence-corrected chi connectivity index (χ3v) is 12.6. The van der Waals surface area contributed by atoms with Gasteiger partial charge in [0.05, 0.1) is 33.6 Å². The molecule has 66 heavy (non-hydrogen) atoms. The van der Waals surface area contributed by atoms with Crippen molar-refractivity contribution in [2.75, 3.05) is 16.5 Å². The molecule has 6 heteroatoms. The minimum Gasteiger partial charge on any atom is -0.457 e. The number of para-hydroxylation sites is 4. The molecule has 0 amide bonds. The average molecular weight is 873 g/mol. The first-order valence-corrected chi connectivity index (χ1v) is 22.7. The van der Waals surface area contributed by atoms with Crippen molar-refractivity contribution in [2.45, 2.75) is 78.6 Å². The van der Waals surface area contributed by atoms with Gasteiger partial charge in [0, 0.05) is 40.4 Å². The number of benzene rings is 7. The number of rotatable bonds is 7. The Morgan fingerprint density at radius 2 is 1.23 bits per heavy atom. The van der Waals surface area contributed by atoms with Crippen LogP contribution in [0, 0.1) is 5.82 Å². The van der Waals surface area contributed by atoms with E-state index >= 15 is 0 Å². The smallest absolute Gasteiger partial charge is 0.137 e. The van der Waals surface area contributed by atoms with Crippen molar-refractivity contribution in [2.24, 2.45) is 0 Å². The Labute approximate surface area is 394 Å². The van der Waals surface area contributed by atoms with E-state index in [1.54, 1.807) is 0 Å². The van der Waals surface area contributed by atoms with Gasteiger partial charge in [-0.25, -0.2) is 9.37 Å². The summed E-state index contributed by atoms with van der Waals surface area (Å²) in [7, 11) is 0. The van der Waals surface area contributed by atoms with E-state index in [1.807, 2.05) is 93.7 Å². The van der Waals surface area contributed by atoms with Gasteiger partial charge >= 0.3 is 0 Å². The number of hydrogen-bond donors (Lipinski definition) is 0. The number of nitrogens with zero attached hydrogens (tertiary/aromatic N) is 4. The SMILES string of the molecule is [2H]c1c([2H])c(C(C)(C)C)c([2H])c([2H])c1-c1cc(Oc2ccc3c4ccccc4n(-c4cc(C(C)(C)C)ccn4)c3c2)cc(N2CN(c3c(-c4ccc(F)cc4)cccc3C(C)(C)C)c3ccccc32)c1. The lowest BCUT2D eigenvalue weighted by Gasteiger charge is -2.32. The summed E-state index contributed by atoms with van der Waals surface area (Å²) in [5, 5.41) is 2.14. The van der Waals surface area contributed by atoms with Crippen molar-refractivity contribution < 1.29 is 14.6 Å². The summed E-state index contributed by atoms with van der Waals surface area (Å²) in [5.74, 6) is 1.53. The number of halogens is 1. The van der Waals surface area contributed by atoms with Gasteiger partial charge in [-0.15, -0.1) is 0 Å². The first-order chi connectivity index (χ1) is 33.2. The Kier molecular flexibility index (Phi) is 9.28. The lowest BCUT2D eigenvalue weighted by molar-refractivity contribution is 0.483. The molecule has 0 N–H and O–H groups in total. The fourth-order valence-electron chi connectivity index (χ4n) is 9.11. The maximum absolute atomic E-state index is 14.4. The fraction of sp³-hybridized carbons (Fsp3) is 0.217. The third-order valence-electron chi connectivity index (χ3n) is 12.6. The van der Waals surface area contributed by atoms with Crippen molar-refractivity contribution >= 4 is 44.6 Å². The highest BCUT2D eigenvalue weighted by molar-refractivity contribution is 6.09. The highest BCUT2D eigenvalue weighted by Gasteiger charge is 2.34. The molecule has 0 aliphatic carbocycles. The van der Waals surface area contributed by atoms with Crippen LogP contribution in [-0.2, 0) is 16.2 Å². The summed E-state index contributed by atoms with van der Waals surface area (Å²) in [4.78, 5) is 9.40. The van der Waals surface area contributed by atoms with Gasteiger partial charge in [-0.1, -0.05) is 147 Å². The molecule has 7 aromatic carbocycles. The second-order valence-electron chi connectivity index (χ2n) is 20.4. The molecular weight excluding hydrogens is 812 g/mol. The van der Waals surface area contributed by atoms with Gasteiger partial charge < -0.3 is 14.5 Å². The average Bonchev–Trinajstić information content (AvgIpc) is 3.86. The Bertz CT molecular complexity index is 3500. The molecule has 0 radical (unpaired) electrons. The van der Waals surface area contributed by atoms with Crippen LogP contribution in [0.2, 0.25) is 0 Å². The zero-order chi connectivity index (χ0) is 49.6. The van der Waals surface area contributed by atoms with E-state index in [2.05, 4.69) is 117 Å². The Balaban J connectivity index is 1.16. The lowest BCUT2D eigenvalue weighted by atomic mass is 9.83. The van der Waals surface area contributed by atoms with E-state index in [4.69, 9.17) is 9.72 Å². The van der Waals surface area contributed by atoms with Gasteiger partial charge in [-0.3, -0.25) is 4.57 Å². The second kappa shape index (κ2) is 16.1. The number of pyridine rings is 1. The van der Waals surface area contributed by atoms with Gasteiger partial charge in [0.2, 0.25) is 0 Å². The standard InChI is InChI=1S/C60H57FN4O/c1-58(2,3)42-25-21-39(22-26-42)41-33-45(63-38-64(54-20-13-12-19-53(54)63)57-48(40-23-27-44(61)28-24-40)16-14-17-51(57)60(7,8)9)36-47(34-41)66-46-29-30-50-49-15-10-11-18-52(49)65(55(50)37-46)56-35-43(31-32-62-56)59(4,5)6/h10-37H,38H2,1-9H3/i21D,22D,25D,26D. The van der Waals surface area contributed by atoms with Crippen molar-refractivity contribution in [3.63, 3.8) is 0 Å². The Morgan fingerprint density at radius 3 is 1.94 bits per heavy atom. The topological polar surface area (TPSA) is 33.5 Å². The summed E-state index contributed by atoms with van der Waals surface area (Å²) in [6.45, 7) is 19.3. The van der Waals surface area contributed by atoms with Crippen LogP contribution >= 0.6 is 0 Å². The van der Waals surface area contributed by atoms with E-state index in [0.29, 0.717) is 29.3 Å². The van der Waals surface area contributed by atoms with Gasteiger partial charge in [0.15, 0.2) is 0 Å².